The van der Waals surface area contributed by atoms with Crippen molar-refractivity contribution in [1.82, 2.24) is 0 Å². The van der Waals surface area contributed by atoms with Gasteiger partial charge in [0.1, 0.15) is 0 Å². The molecule has 0 N–H and O–H groups in total. The Morgan fingerprint density at radius 2 is 1.07 bits per heavy atom. The van der Waals surface area contributed by atoms with Crippen molar-refractivity contribution in [3.8, 4) is 0 Å². The van der Waals surface area contributed by atoms with Crippen molar-refractivity contribution in [2.24, 2.45) is 11.8 Å². The minimum absolute atomic E-state index is 0.0102. The number of hydrogen-bond acceptors (Lipinski definition) is 4. The van der Waals surface area contributed by atoms with Gasteiger partial charge in [-0.15, -0.1) is 0 Å². The predicted molar refractivity (Wildman–Crippen MR) is 114 cm³/mol. The van der Waals surface area contributed by atoms with Crippen LogP contribution in [0.4, 0.5) is 0 Å². The van der Waals surface area contributed by atoms with E-state index in [4.69, 9.17) is 9.47 Å². The van der Waals surface area contributed by atoms with E-state index in [2.05, 4.69) is 13.2 Å². The molecule has 4 aliphatic heterocycles. The van der Waals surface area contributed by atoms with Crippen molar-refractivity contribution >= 4 is 11.6 Å². The van der Waals surface area contributed by atoms with Crippen LogP contribution < -0.4 is 0 Å². The number of hydrogen-bond donors (Lipinski definition) is 0. The fourth-order valence-corrected chi connectivity index (χ4v) is 6.55. The molecule has 0 amide bonds. The first-order valence-electron chi connectivity index (χ1n) is 10.9. The third kappa shape index (κ3) is 2.29. The monoisotopic (exact) mass is 406 g/mol. The van der Waals surface area contributed by atoms with Crippen molar-refractivity contribution in [2.45, 2.75) is 75.8 Å². The molecule has 4 saturated heterocycles. The molecular formula is C26H30O4. The molecule has 4 heteroatoms. The summed E-state index contributed by atoms with van der Waals surface area (Å²) in [6.45, 7) is 16.3. The average molecular weight is 407 g/mol. The molecule has 0 aromatic heterocycles. The minimum atomic E-state index is -0.983. The molecule has 6 fully saturated rings. The smallest absolute Gasteiger partial charge is 0.195 e. The molecule has 30 heavy (non-hydrogen) atoms. The van der Waals surface area contributed by atoms with Crippen LogP contribution in [0.5, 0.6) is 0 Å². The van der Waals surface area contributed by atoms with Crippen molar-refractivity contribution in [1.29, 1.82) is 0 Å². The SMILES string of the molecule is C=C1C(=O)C2(c3ccc(C45CCC(C(=C)C4=O)C(C)(C)O5)cc3)CCC1C(C)(C)O2. The number of ether oxygens (including phenoxy) is 2. The fourth-order valence-electron chi connectivity index (χ4n) is 6.55. The highest BCUT2D eigenvalue weighted by Crippen LogP contribution is 2.56. The standard InChI is InChI=1S/C26H30O4/c1-15-19-11-13-25(21(15)27,29-23(19,3)4)17-7-9-18(10-8-17)26-14-12-20(16(2)22(26)28)24(5,6)30-26/h7-10,19-20H,1-2,11-14H2,3-6H3. The van der Waals surface area contributed by atoms with Gasteiger partial charge in [0.15, 0.2) is 22.8 Å². The van der Waals surface area contributed by atoms with Gasteiger partial charge in [0.2, 0.25) is 0 Å². The summed E-state index contributed by atoms with van der Waals surface area (Å²) >= 11 is 0. The second-order valence-electron chi connectivity index (χ2n) is 10.5. The number of ketones is 2. The normalized spacial score (nSPS) is 38.9. The second kappa shape index (κ2) is 5.80. The zero-order valence-corrected chi connectivity index (χ0v) is 18.3. The maximum atomic E-state index is 13.2. The van der Waals surface area contributed by atoms with E-state index in [1.165, 1.54) is 0 Å². The Morgan fingerprint density at radius 3 is 1.37 bits per heavy atom. The molecule has 4 bridgehead atoms. The topological polar surface area (TPSA) is 52.6 Å². The Kier molecular flexibility index (Phi) is 3.85. The Balaban J connectivity index is 1.55. The second-order valence-corrected chi connectivity index (χ2v) is 10.5. The molecule has 4 nitrogen and oxygen atoms in total. The highest BCUT2D eigenvalue weighted by molar-refractivity contribution is 6.05. The third-order valence-corrected chi connectivity index (χ3v) is 8.10. The zero-order valence-electron chi connectivity index (χ0n) is 18.3. The van der Waals surface area contributed by atoms with E-state index >= 15 is 0 Å². The Bertz CT molecular complexity index is 917. The molecule has 2 saturated carbocycles. The quantitative estimate of drug-likeness (QED) is 0.664. The largest absolute Gasteiger partial charge is 0.356 e. The van der Waals surface area contributed by atoms with E-state index < -0.39 is 22.4 Å². The molecule has 0 spiro atoms. The van der Waals surface area contributed by atoms with Gasteiger partial charge in [0, 0.05) is 11.8 Å². The van der Waals surface area contributed by atoms with E-state index in [9.17, 15) is 9.59 Å². The van der Waals surface area contributed by atoms with Crippen molar-refractivity contribution in [2.75, 3.05) is 0 Å². The summed E-state index contributed by atoms with van der Waals surface area (Å²) in [5.74, 6) is 0.122. The fraction of sp³-hybridized carbons (Fsp3) is 0.538. The molecule has 0 radical (unpaired) electrons. The predicted octanol–water partition coefficient (Wildman–Crippen LogP) is 4.77. The molecular weight excluding hydrogens is 376 g/mol. The maximum Gasteiger partial charge on any atom is 0.195 e. The van der Waals surface area contributed by atoms with Crippen LogP contribution in [-0.4, -0.2) is 22.8 Å². The number of Topliss-reactive ketones (excluding diaryl/α,β-unsaturated/α-hetero) is 2. The molecule has 4 heterocycles. The number of carbonyl (C=O) groups excluding carboxylic acids is 2. The average Bonchev–Trinajstić information content (AvgIpc) is 2.68. The molecule has 4 unspecified atom stereocenters. The van der Waals surface area contributed by atoms with Gasteiger partial charge in [0.25, 0.3) is 0 Å². The first-order chi connectivity index (χ1) is 13.9. The van der Waals surface area contributed by atoms with Crippen molar-refractivity contribution in [3.63, 3.8) is 0 Å². The Morgan fingerprint density at radius 1 is 0.733 bits per heavy atom. The molecule has 1 aromatic carbocycles. The van der Waals surface area contributed by atoms with Crippen LogP contribution in [0, 0.1) is 11.8 Å². The van der Waals surface area contributed by atoms with Crippen LogP contribution in [0.1, 0.15) is 64.5 Å². The Hall–Kier alpha value is -2.04. The maximum absolute atomic E-state index is 13.2. The van der Waals surface area contributed by atoms with Crippen LogP contribution in [0.25, 0.3) is 0 Å². The van der Waals surface area contributed by atoms with E-state index in [0.29, 0.717) is 24.0 Å². The van der Waals surface area contributed by atoms with Crippen molar-refractivity contribution < 1.29 is 19.1 Å². The molecule has 7 rings (SSSR count). The van der Waals surface area contributed by atoms with Gasteiger partial charge in [-0.05, 0) is 75.7 Å². The summed E-state index contributed by atoms with van der Waals surface area (Å²) in [6, 6.07) is 7.74. The number of benzene rings is 1. The molecule has 6 aliphatic rings. The number of fused-ring (bicyclic) bond motifs is 6. The molecule has 158 valence electrons. The summed E-state index contributed by atoms with van der Waals surface area (Å²) < 4.78 is 12.8. The number of carbonyl (C=O) groups is 2. The summed E-state index contributed by atoms with van der Waals surface area (Å²) in [4.78, 5) is 26.3. The van der Waals surface area contributed by atoms with E-state index in [1.54, 1.807) is 0 Å². The van der Waals surface area contributed by atoms with E-state index in [1.807, 2.05) is 52.0 Å². The highest BCUT2D eigenvalue weighted by atomic mass is 16.5. The summed E-state index contributed by atoms with van der Waals surface area (Å²) in [7, 11) is 0. The summed E-state index contributed by atoms with van der Waals surface area (Å²) in [5.41, 5.74) is 0.175. The van der Waals surface area contributed by atoms with Gasteiger partial charge in [-0.2, -0.15) is 0 Å². The van der Waals surface area contributed by atoms with Gasteiger partial charge in [-0.3, -0.25) is 9.59 Å². The summed E-state index contributed by atoms with van der Waals surface area (Å²) in [6.07, 6.45) is 3.09. The van der Waals surface area contributed by atoms with Gasteiger partial charge in [-0.25, -0.2) is 0 Å². The zero-order chi connectivity index (χ0) is 21.7. The van der Waals surface area contributed by atoms with Crippen LogP contribution in [0.2, 0.25) is 0 Å². The number of rotatable bonds is 2. The van der Waals surface area contributed by atoms with Crippen LogP contribution >= 0.6 is 0 Å². The molecule has 1 aromatic rings. The molecule has 4 atom stereocenters. The van der Waals surface area contributed by atoms with E-state index in [0.717, 1.165) is 24.0 Å². The summed E-state index contributed by atoms with van der Waals surface area (Å²) in [5, 5.41) is 0. The minimum Gasteiger partial charge on any atom is -0.356 e. The van der Waals surface area contributed by atoms with Gasteiger partial charge < -0.3 is 9.47 Å². The van der Waals surface area contributed by atoms with Gasteiger partial charge in [0.05, 0.1) is 11.2 Å². The van der Waals surface area contributed by atoms with Crippen LogP contribution in [0.15, 0.2) is 48.6 Å². The third-order valence-electron chi connectivity index (χ3n) is 8.10. The van der Waals surface area contributed by atoms with Gasteiger partial charge in [-0.1, -0.05) is 37.4 Å². The molecule has 2 aliphatic carbocycles. The lowest BCUT2D eigenvalue weighted by Crippen LogP contribution is -2.60. The van der Waals surface area contributed by atoms with Crippen LogP contribution in [0.3, 0.4) is 0 Å². The Labute approximate surface area is 178 Å². The highest BCUT2D eigenvalue weighted by Gasteiger charge is 2.61. The van der Waals surface area contributed by atoms with Crippen LogP contribution in [-0.2, 0) is 30.3 Å². The first kappa shape index (κ1) is 19.9. The van der Waals surface area contributed by atoms with Crippen molar-refractivity contribution in [3.05, 3.63) is 59.7 Å². The van der Waals surface area contributed by atoms with Gasteiger partial charge >= 0.3 is 0 Å². The van der Waals surface area contributed by atoms with E-state index in [-0.39, 0.29) is 23.4 Å². The lowest BCUT2D eigenvalue weighted by atomic mass is 9.62. The lowest BCUT2D eigenvalue weighted by Gasteiger charge is -2.55. The first-order valence-corrected chi connectivity index (χ1v) is 10.9. The lowest BCUT2D eigenvalue weighted by molar-refractivity contribution is -0.217.